The van der Waals surface area contributed by atoms with Gasteiger partial charge in [0, 0.05) is 18.3 Å². The second-order valence-electron chi connectivity index (χ2n) is 6.02. The highest BCUT2D eigenvalue weighted by Crippen LogP contribution is 2.35. The Kier molecular flexibility index (Phi) is 5.06. The van der Waals surface area contributed by atoms with Crippen LogP contribution in [0.4, 0.5) is 5.69 Å². The molecule has 0 heterocycles. The number of nitrogens with zero attached hydrogens (tertiary/aromatic N) is 2. The topological polar surface area (TPSA) is 27.0 Å². The molecule has 1 aromatic carbocycles. The Balaban J connectivity index is 2.26. The van der Waals surface area contributed by atoms with E-state index in [1.807, 2.05) is 0 Å². The fourth-order valence-corrected chi connectivity index (χ4v) is 3.51. The minimum absolute atomic E-state index is 0.179. The van der Waals surface area contributed by atoms with Crippen LogP contribution in [0.2, 0.25) is 0 Å². The van der Waals surface area contributed by atoms with Crippen molar-refractivity contribution < 1.29 is 0 Å². The monoisotopic (exact) mass is 270 g/mol. The molecule has 0 spiro atoms. The average Bonchev–Trinajstić information content (AvgIpc) is 2.48. The van der Waals surface area contributed by atoms with Crippen molar-refractivity contribution in [3.8, 4) is 6.07 Å². The minimum Gasteiger partial charge on any atom is -0.367 e. The molecule has 1 fully saturated rings. The molecule has 0 saturated heterocycles. The highest BCUT2D eigenvalue weighted by Gasteiger charge is 2.33. The van der Waals surface area contributed by atoms with Crippen LogP contribution in [0.3, 0.4) is 0 Å². The van der Waals surface area contributed by atoms with E-state index in [0.29, 0.717) is 6.04 Å². The zero-order chi connectivity index (χ0) is 14.5. The van der Waals surface area contributed by atoms with Gasteiger partial charge in [0.15, 0.2) is 0 Å². The summed E-state index contributed by atoms with van der Waals surface area (Å²) in [6, 6.07) is 11.6. The van der Waals surface area contributed by atoms with E-state index in [2.05, 4.69) is 56.0 Å². The number of rotatable bonds is 4. The predicted octanol–water partition coefficient (Wildman–Crippen LogP) is 4.54. The fourth-order valence-electron chi connectivity index (χ4n) is 3.51. The van der Waals surface area contributed by atoms with E-state index in [0.717, 1.165) is 25.3 Å². The lowest BCUT2D eigenvalue weighted by Gasteiger charge is -2.41. The average molecular weight is 270 g/mol. The van der Waals surface area contributed by atoms with Gasteiger partial charge in [-0.25, -0.2) is 0 Å². The molecule has 1 aliphatic rings. The number of anilines is 1. The molecule has 20 heavy (non-hydrogen) atoms. The van der Waals surface area contributed by atoms with Crippen molar-refractivity contribution in [2.24, 2.45) is 11.8 Å². The summed E-state index contributed by atoms with van der Waals surface area (Å²) in [6.07, 6.45) is 4.68. The molecule has 1 saturated carbocycles. The second kappa shape index (κ2) is 6.79. The first-order valence-electron chi connectivity index (χ1n) is 7.92. The highest BCUT2D eigenvalue weighted by atomic mass is 15.2. The van der Waals surface area contributed by atoms with Gasteiger partial charge in [0.2, 0.25) is 0 Å². The van der Waals surface area contributed by atoms with Crippen molar-refractivity contribution in [2.45, 2.75) is 52.5 Å². The maximum Gasteiger partial charge on any atom is 0.0677 e. The van der Waals surface area contributed by atoms with Gasteiger partial charge >= 0.3 is 0 Å². The van der Waals surface area contributed by atoms with Gasteiger partial charge in [-0.3, -0.25) is 0 Å². The Morgan fingerprint density at radius 2 is 2.10 bits per heavy atom. The third-order valence-electron chi connectivity index (χ3n) is 4.74. The van der Waals surface area contributed by atoms with Gasteiger partial charge in [-0.2, -0.15) is 5.26 Å². The first kappa shape index (κ1) is 14.9. The number of benzene rings is 1. The Bertz CT molecular complexity index is 475. The van der Waals surface area contributed by atoms with Crippen molar-refractivity contribution in [3.05, 3.63) is 29.8 Å². The lowest BCUT2D eigenvalue weighted by atomic mass is 9.77. The number of aryl methyl sites for hydroxylation is 1. The van der Waals surface area contributed by atoms with Crippen molar-refractivity contribution in [1.29, 1.82) is 5.26 Å². The molecule has 0 radical (unpaired) electrons. The molecule has 2 nitrogen and oxygen atoms in total. The molecule has 2 rings (SSSR count). The Labute approximate surface area is 123 Å². The Hall–Kier alpha value is -1.49. The molecule has 0 aliphatic heterocycles. The van der Waals surface area contributed by atoms with Gasteiger partial charge < -0.3 is 4.90 Å². The molecule has 0 amide bonds. The predicted molar refractivity (Wildman–Crippen MR) is 84.7 cm³/mol. The molecule has 0 N–H and O–H groups in total. The van der Waals surface area contributed by atoms with Crippen LogP contribution in [0, 0.1) is 30.1 Å². The zero-order valence-corrected chi connectivity index (χ0v) is 13.0. The third kappa shape index (κ3) is 3.15. The van der Waals surface area contributed by atoms with E-state index < -0.39 is 0 Å². The summed E-state index contributed by atoms with van der Waals surface area (Å²) in [6.45, 7) is 7.58. The largest absolute Gasteiger partial charge is 0.367 e. The van der Waals surface area contributed by atoms with Gasteiger partial charge in [0.05, 0.1) is 12.0 Å². The SMILES string of the molecule is CCC1CCC(C#N)C(N(CC)c2cccc(C)c2)C1. The smallest absolute Gasteiger partial charge is 0.0677 e. The maximum absolute atomic E-state index is 9.49. The molecule has 0 aromatic heterocycles. The normalized spacial score (nSPS) is 26.0. The standard InChI is InChI=1S/C18H26N2/c1-4-15-9-10-16(13-19)18(12-15)20(5-2)17-8-6-7-14(3)11-17/h6-8,11,15-16,18H,4-5,9-10,12H2,1-3H3. The van der Waals surface area contributed by atoms with E-state index in [9.17, 15) is 5.26 Å². The van der Waals surface area contributed by atoms with E-state index in [1.165, 1.54) is 24.1 Å². The van der Waals surface area contributed by atoms with E-state index >= 15 is 0 Å². The van der Waals surface area contributed by atoms with E-state index in [4.69, 9.17) is 0 Å². The summed E-state index contributed by atoms with van der Waals surface area (Å²) in [4.78, 5) is 2.45. The van der Waals surface area contributed by atoms with Crippen LogP contribution in [-0.4, -0.2) is 12.6 Å². The lowest BCUT2D eigenvalue weighted by molar-refractivity contribution is 0.261. The van der Waals surface area contributed by atoms with Crippen LogP contribution in [0.25, 0.3) is 0 Å². The lowest BCUT2D eigenvalue weighted by Crippen LogP contribution is -2.44. The van der Waals surface area contributed by atoms with Crippen molar-refractivity contribution in [1.82, 2.24) is 0 Å². The van der Waals surface area contributed by atoms with Crippen molar-refractivity contribution >= 4 is 5.69 Å². The van der Waals surface area contributed by atoms with Gasteiger partial charge in [0.1, 0.15) is 0 Å². The van der Waals surface area contributed by atoms with E-state index in [-0.39, 0.29) is 5.92 Å². The van der Waals surface area contributed by atoms with Crippen molar-refractivity contribution in [2.75, 3.05) is 11.4 Å². The second-order valence-corrected chi connectivity index (χ2v) is 6.02. The van der Waals surface area contributed by atoms with Crippen molar-refractivity contribution in [3.63, 3.8) is 0 Å². The quantitative estimate of drug-likeness (QED) is 0.803. The van der Waals surface area contributed by atoms with Gasteiger partial charge in [-0.15, -0.1) is 0 Å². The molecular formula is C18H26N2. The molecule has 3 atom stereocenters. The molecule has 0 bridgehead atoms. The van der Waals surface area contributed by atoms with Gasteiger partial charge in [-0.1, -0.05) is 25.5 Å². The van der Waals surface area contributed by atoms with E-state index in [1.54, 1.807) is 0 Å². The maximum atomic E-state index is 9.49. The van der Waals surface area contributed by atoms with Crippen LogP contribution in [0.15, 0.2) is 24.3 Å². The number of nitriles is 1. The first-order chi connectivity index (χ1) is 9.69. The van der Waals surface area contributed by atoms with Crippen LogP contribution in [0.5, 0.6) is 0 Å². The zero-order valence-electron chi connectivity index (χ0n) is 13.0. The number of hydrogen-bond donors (Lipinski definition) is 0. The van der Waals surface area contributed by atoms with Crippen LogP contribution < -0.4 is 4.90 Å². The third-order valence-corrected chi connectivity index (χ3v) is 4.74. The molecular weight excluding hydrogens is 244 g/mol. The first-order valence-corrected chi connectivity index (χ1v) is 7.92. The summed E-state index contributed by atoms with van der Waals surface area (Å²) >= 11 is 0. The molecule has 108 valence electrons. The summed E-state index contributed by atoms with van der Waals surface area (Å²) < 4.78 is 0. The summed E-state index contributed by atoms with van der Waals surface area (Å²) in [7, 11) is 0. The summed E-state index contributed by atoms with van der Waals surface area (Å²) in [5.74, 6) is 0.960. The minimum atomic E-state index is 0.179. The van der Waals surface area contributed by atoms with Crippen LogP contribution in [0.1, 0.15) is 45.1 Å². The van der Waals surface area contributed by atoms with Crippen LogP contribution in [-0.2, 0) is 0 Å². The Morgan fingerprint density at radius 1 is 1.30 bits per heavy atom. The summed E-state index contributed by atoms with van der Waals surface area (Å²) in [5.41, 5.74) is 2.56. The highest BCUT2D eigenvalue weighted by molar-refractivity contribution is 5.49. The van der Waals surface area contributed by atoms with Gasteiger partial charge in [-0.05, 0) is 56.7 Å². The van der Waals surface area contributed by atoms with Gasteiger partial charge in [0.25, 0.3) is 0 Å². The number of hydrogen-bond acceptors (Lipinski definition) is 2. The summed E-state index contributed by atoms with van der Waals surface area (Å²) in [5, 5.41) is 9.49. The molecule has 3 unspecified atom stereocenters. The van der Waals surface area contributed by atoms with Crippen LogP contribution >= 0.6 is 0 Å². The molecule has 2 heteroatoms. The fraction of sp³-hybridized carbons (Fsp3) is 0.611. The Morgan fingerprint density at radius 3 is 2.70 bits per heavy atom. The molecule has 1 aliphatic carbocycles. The molecule has 1 aromatic rings.